The van der Waals surface area contributed by atoms with Gasteiger partial charge < -0.3 is 5.32 Å². The van der Waals surface area contributed by atoms with Gasteiger partial charge in [0.05, 0.1) is 27.7 Å². The van der Waals surface area contributed by atoms with E-state index in [0.29, 0.717) is 27.8 Å². The molecule has 30 heavy (non-hydrogen) atoms. The van der Waals surface area contributed by atoms with Gasteiger partial charge in [-0.3, -0.25) is 9.59 Å². The van der Waals surface area contributed by atoms with Crippen LogP contribution in [0.4, 0.5) is 5.69 Å². The maximum absolute atomic E-state index is 13.2. The van der Waals surface area contributed by atoms with E-state index in [9.17, 15) is 9.59 Å². The van der Waals surface area contributed by atoms with E-state index in [1.807, 2.05) is 43.7 Å². The van der Waals surface area contributed by atoms with Gasteiger partial charge in [0.1, 0.15) is 0 Å². The summed E-state index contributed by atoms with van der Waals surface area (Å²) in [6, 6.07) is 12.9. The van der Waals surface area contributed by atoms with Gasteiger partial charge in [0, 0.05) is 22.2 Å². The van der Waals surface area contributed by atoms with Gasteiger partial charge in [-0.2, -0.15) is 5.10 Å². The topological polar surface area (TPSA) is 76.9 Å². The van der Waals surface area contributed by atoms with E-state index in [-0.39, 0.29) is 17.7 Å². The molecule has 0 radical (unpaired) electrons. The summed E-state index contributed by atoms with van der Waals surface area (Å²) in [6.07, 6.45) is 1.69. The lowest BCUT2D eigenvalue weighted by atomic mass is 10.1. The Bertz CT molecular complexity index is 1250. The molecule has 0 bridgehead atoms. The maximum Gasteiger partial charge on any atom is 0.256 e. The highest BCUT2D eigenvalue weighted by Crippen LogP contribution is 2.31. The number of benzene rings is 1. The monoisotopic (exact) mass is 418 g/mol. The highest BCUT2D eigenvalue weighted by Gasteiger charge is 2.19. The summed E-state index contributed by atoms with van der Waals surface area (Å²) in [4.78, 5) is 31.7. The van der Waals surface area contributed by atoms with Crippen LogP contribution in [0.2, 0.25) is 0 Å². The van der Waals surface area contributed by atoms with Crippen molar-refractivity contribution in [1.82, 2.24) is 14.8 Å². The average Bonchev–Trinajstić information content (AvgIpc) is 3.33. The number of hydrogen-bond acceptors (Lipinski definition) is 5. The molecule has 1 aromatic carbocycles. The molecule has 3 heterocycles. The lowest BCUT2D eigenvalue weighted by Crippen LogP contribution is -2.13. The van der Waals surface area contributed by atoms with E-state index in [1.165, 1.54) is 11.8 Å². The van der Waals surface area contributed by atoms with Crippen LogP contribution in [0.5, 0.6) is 0 Å². The van der Waals surface area contributed by atoms with E-state index < -0.39 is 0 Å². The molecule has 0 fully saturated rings. The summed E-state index contributed by atoms with van der Waals surface area (Å²) in [6.45, 7) is 7.63. The Morgan fingerprint density at radius 3 is 2.43 bits per heavy atom. The second kappa shape index (κ2) is 7.84. The van der Waals surface area contributed by atoms with Crippen molar-refractivity contribution in [2.45, 2.75) is 33.7 Å². The minimum absolute atomic E-state index is 0.0132. The Balaban J connectivity index is 1.78. The second-order valence-corrected chi connectivity index (χ2v) is 8.76. The van der Waals surface area contributed by atoms with E-state index in [0.717, 1.165) is 10.6 Å². The fourth-order valence-corrected chi connectivity index (χ4v) is 4.10. The molecule has 4 rings (SSSR count). The molecule has 1 N–H and O–H groups in total. The van der Waals surface area contributed by atoms with Crippen LogP contribution in [0.15, 0.2) is 48.7 Å². The number of carbonyl (C=O) groups is 2. The van der Waals surface area contributed by atoms with E-state index >= 15 is 0 Å². The first-order valence-corrected chi connectivity index (χ1v) is 10.5. The van der Waals surface area contributed by atoms with Gasteiger partial charge in [0.25, 0.3) is 5.91 Å². The second-order valence-electron chi connectivity index (χ2n) is 7.47. The SMILES string of the molecule is CC(=O)c1ccc(NC(=O)c2cc(-c3ccc(C)s3)nc3c2cnn3C(C)C)cc1. The number of ketones is 1. The van der Waals surface area contributed by atoms with Crippen molar-refractivity contribution in [2.75, 3.05) is 5.32 Å². The quantitative estimate of drug-likeness (QED) is 0.434. The third-order valence-corrected chi connectivity index (χ3v) is 5.87. The van der Waals surface area contributed by atoms with Crippen molar-refractivity contribution in [3.63, 3.8) is 0 Å². The number of rotatable bonds is 5. The Morgan fingerprint density at radius 1 is 1.10 bits per heavy atom. The predicted octanol–water partition coefficient (Wildman–Crippen LogP) is 5.50. The highest BCUT2D eigenvalue weighted by atomic mass is 32.1. The molecule has 3 aromatic heterocycles. The number of nitrogens with one attached hydrogen (secondary N) is 1. The van der Waals surface area contributed by atoms with Crippen molar-refractivity contribution in [3.05, 3.63) is 64.7 Å². The van der Waals surface area contributed by atoms with E-state index in [1.54, 1.807) is 41.8 Å². The van der Waals surface area contributed by atoms with Crippen LogP contribution in [0, 0.1) is 6.92 Å². The molecule has 0 atom stereocenters. The van der Waals surface area contributed by atoms with Gasteiger partial charge in [0.15, 0.2) is 11.4 Å². The van der Waals surface area contributed by atoms with E-state index in [4.69, 9.17) is 4.98 Å². The number of Topliss-reactive ketones (excluding diaryl/α,β-unsaturated/α-hetero) is 1. The molecule has 0 saturated heterocycles. The highest BCUT2D eigenvalue weighted by molar-refractivity contribution is 7.15. The number of fused-ring (bicyclic) bond motifs is 1. The van der Waals surface area contributed by atoms with Gasteiger partial charge >= 0.3 is 0 Å². The van der Waals surface area contributed by atoms with Gasteiger partial charge in [-0.05, 0) is 70.2 Å². The lowest BCUT2D eigenvalue weighted by Gasteiger charge is -2.11. The molecule has 0 aliphatic heterocycles. The summed E-state index contributed by atoms with van der Waals surface area (Å²) < 4.78 is 1.83. The number of amides is 1. The Labute approximate surface area is 178 Å². The zero-order chi connectivity index (χ0) is 21.4. The standard InChI is InChI=1S/C23H22N4O2S/c1-13(2)27-22-19(12-24-27)18(11-20(26-22)21-10-5-14(3)30-21)23(29)25-17-8-6-16(7-9-17)15(4)28/h5-13H,1-4H3,(H,25,29). The normalized spacial score (nSPS) is 11.2. The zero-order valence-corrected chi connectivity index (χ0v) is 18.1. The average molecular weight is 419 g/mol. The molecule has 0 aliphatic rings. The first-order valence-electron chi connectivity index (χ1n) is 9.71. The van der Waals surface area contributed by atoms with Crippen molar-refractivity contribution in [1.29, 1.82) is 0 Å². The molecule has 7 heteroatoms. The fraction of sp³-hybridized carbons (Fsp3) is 0.217. The summed E-state index contributed by atoms with van der Waals surface area (Å²) in [5, 5.41) is 8.09. The van der Waals surface area contributed by atoms with Gasteiger partial charge in [0.2, 0.25) is 0 Å². The Hall–Kier alpha value is -3.32. The van der Waals surface area contributed by atoms with Gasteiger partial charge in [-0.15, -0.1) is 11.3 Å². The number of nitrogens with zero attached hydrogens (tertiary/aromatic N) is 3. The third-order valence-electron chi connectivity index (χ3n) is 4.84. The molecule has 0 saturated carbocycles. The first kappa shape index (κ1) is 20.0. The van der Waals surface area contributed by atoms with Crippen molar-refractivity contribution < 1.29 is 9.59 Å². The fourth-order valence-electron chi connectivity index (χ4n) is 3.27. The van der Waals surface area contributed by atoms with Crippen molar-refractivity contribution in [3.8, 4) is 10.6 Å². The summed E-state index contributed by atoms with van der Waals surface area (Å²) in [7, 11) is 0. The Morgan fingerprint density at radius 2 is 1.83 bits per heavy atom. The minimum Gasteiger partial charge on any atom is -0.322 e. The molecule has 0 spiro atoms. The smallest absolute Gasteiger partial charge is 0.256 e. The number of pyridine rings is 1. The third kappa shape index (κ3) is 3.76. The van der Waals surface area contributed by atoms with Crippen LogP contribution in [0.1, 0.15) is 52.4 Å². The van der Waals surface area contributed by atoms with Gasteiger partial charge in [-0.1, -0.05) is 0 Å². The summed E-state index contributed by atoms with van der Waals surface area (Å²) >= 11 is 1.64. The summed E-state index contributed by atoms with van der Waals surface area (Å²) in [5.74, 6) is -0.253. The molecule has 0 aliphatic carbocycles. The zero-order valence-electron chi connectivity index (χ0n) is 17.3. The summed E-state index contributed by atoms with van der Waals surface area (Å²) in [5.41, 5.74) is 3.18. The number of carbonyl (C=O) groups excluding carboxylic acids is 2. The number of hydrogen-bond donors (Lipinski definition) is 1. The number of anilines is 1. The van der Waals surface area contributed by atoms with Crippen LogP contribution in [0.3, 0.4) is 0 Å². The minimum atomic E-state index is -0.240. The van der Waals surface area contributed by atoms with Crippen LogP contribution in [-0.2, 0) is 0 Å². The molecule has 0 unspecified atom stereocenters. The molecule has 6 nitrogen and oxygen atoms in total. The molecule has 4 aromatic rings. The molecule has 152 valence electrons. The van der Waals surface area contributed by atoms with Crippen molar-refractivity contribution in [2.24, 2.45) is 0 Å². The van der Waals surface area contributed by atoms with Crippen molar-refractivity contribution >= 4 is 39.7 Å². The molecular weight excluding hydrogens is 396 g/mol. The number of aromatic nitrogens is 3. The number of aryl methyl sites for hydroxylation is 1. The Kier molecular flexibility index (Phi) is 5.22. The molecular formula is C23H22N4O2S. The predicted molar refractivity (Wildman–Crippen MR) is 120 cm³/mol. The largest absolute Gasteiger partial charge is 0.322 e. The lowest BCUT2D eigenvalue weighted by molar-refractivity contribution is 0.101. The maximum atomic E-state index is 13.2. The van der Waals surface area contributed by atoms with E-state index in [2.05, 4.69) is 10.4 Å². The first-order chi connectivity index (χ1) is 14.3. The van der Waals surface area contributed by atoms with Crippen LogP contribution in [-0.4, -0.2) is 26.5 Å². The van der Waals surface area contributed by atoms with Crippen LogP contribution < -0.4 is 5.32 Å². The van der Waals surface area contributed by atoms with Crippen LogP contribution in [0.25, 0.3) is 21.6 Å². The van der Waals surface area contributed by atoms with Gasteiger partial charge in [-0.25, -0.2) is 9.67 Å². The number of thiophene rings is 1. The molecule has 1 amide bonds. The van der Waals surface area contributed by atoms with Crippen LogP contribution >= 0.6 is 11.3 Å².